The first-order valence-electron chi connectivity index (χ1n) is 3.57. The quantitative estimate of drug-likeness (QED) is 0.634. The lowest BCUT2D eigenvalue weighted by Gasteiger charge is -2.17. The largest absolute Gasteiger partial charge is 0.350 e. The highest BCUT2D eigenvalue weighted by Gasteiger charge is 2.07. The summed E-state index contributed by atoms with van der Waals surface area (Å²) in [5.74, 6) is 0. The second-order valence-electron chi connectivity index (χ2n) is 2.23. The first-order valence-corrected chi connectivity index (χ1v) is 3.57. The first-order chi connectivity index (χ1) is 5.75. The van der Waals surface area contributed by atoms with Crippen molar-refractivity contribution in [2.45, 2.75) is 0 Å². The molecule has 0 aliphatic rings. The van der Waals surface area contributed by atoms with Crippen molar-refractivity contribution in [2.24, 2.45) is 5.73 Å². The molecule has 0 saturated heterocycles. The highest BCUT2D eigenvalue weighted by molar-refractivity contribution is 5.89. The number of nitrogens with zero attached hydrogens (tertiary/aromatic N) is 1. The van der Waals surface area contributed by atoms with E-state index in [9.17, 15) is 4.79 Å². The van der Waals surface area contributed by atoms with Crippen molar-refractivity contribution in [1.82, 2.24) is 5.43 Å². The van der Waals surface area contributed by atoms with Gasteiger partial charge in [0.1, 0.15) is 0 Å². The van der Waals surface area contributed by atoms with Crippen molar-refractivity contribution in [2.75, 3.05) is 12.1 Å². The van der Waals surface area contributed by atoms with Gasteiger partial charge in [-0.15, -0.1) is 0 Å². The van der Waals surface area contributed by atoms with Crippen LogP contribution in [0.5, 0.6) is 0 Å². The predicted molar refractivity (Wildman–Crippen MR) is 47.6 cm³/mol. The number of hydrazine groups is 1. The van der Waals surface area contributed by atoms with Crippen molar-refractivity contribution in [1.29, 1.82) is 0 Å². The molecule has 0 aliphatic carbocycles. The molecule has 0 saturated carbocycles. The minimum Gasteiger partial charge on any atom is -0.350 e. The molecule has 4 heteroatoms. The molecule has 0 unspecified atom stereocenters. The Kier molecular flexibility index (Phi) is 2.66. The van der Waals surface area contributed by atoms with Crippen LogP contribution in [0.2, 0.25) is 0 Å². The maximum atomic E-state index is 10.8. The Bertz CT molecular complexity index is 260. The Morgan fingerprint density at radius 1 is 1.42 bits per heavy atom. The zero-order chi connectivity index (χ0) is 8.97. The van der Waals surface area contributed by atoms with E-state index in [1.165, 1.54) is 5.01 Å². The summed E-state index contributed by atoms with van der Waals surface area (Å²) in [6.45, 7) is 0. The van der Waals surface area contributed by atoms with Crippen LogP contribution in [0.4, 0.5) is 10.5 Å². The molecular weight excluding hydrogens is 154 g/mol. The second-order valence-corrected chi connectivity index (χ2v) is 2.23. The van der Waals surface area contributed by atoms with Gasteiger partial charge in [0, 0.05) is 7.05 Å². The number of para-hydroxylation sites is 1. The van der Waals surface area contributed by atoms with Gasteiger partial charge in [-0.1, -0.05) is 18.2 Å². The summed E-state index contributed by atoms with van der Waals surface area (Å²) in [5.41, 5.74) is 8.51. The van der Waals surface area contributed by atoms with Crippen molar-refractivity contribution in [3.8, 4) is 0 Å². The molecule has 0 aromatic heterocycles. The average Bonchev–Trinajstić information content (AvgIpc) is 2.07. The highest BCUT2D eigenvalue weighted by atomic mass is 16.2. The van der Waals surface area contributed by atoms with E-state index in [4.69, 9.17) is 5.73 Å². The van der Waals surface area contributed by atoms with Gasteiger partial charge in [-0.3, -0.25) is 0 Å². The topological polar surface area (TPSA) is 58.4 Å². The summed E-state index contributed by atoms with van der Waals surface area (Å²) < 4.78 is 0. The average molecular weight is 165 g/mol. The number of amides is 2. The number of nitrogens with one attached hydrogen (secondary N) is 1. The fourth-order valence-corrected chi connectivity index (χ4v) is 0.944. The van der Waals surface area contributed by atoms with Gasteiger partial charge in [0.25, 0.3) is 0 Å². The molecule has 0 atom stereocenters. The van der Waals surface area contributed by atoms with E-state index in [1.807, 2.05) is 18.2 Å². The third-order valence-corrected chi connectivity index (χ3v) is 1.46. The summed E-state index contributed by atoms with van der Waals surface area (Å²) in [5, 5.41) is 1.26. The minimum atomic E-state index is -0.524. The Morgan fingerprint density at radius 2 is 2.00 bits per heavy atom. The molecule has 0 spiro atoms. The molecule has 1 aromatic rings. The van der Waals surface area contributed by atoms with Crippen LogP contribution in [0.25, 0.3) is 0 Å². The lowest BCUT2D eigenvalue weighted by Crippen LogP contribution is -2.44. The standard InChI is InChI=1S/C8H11N3O/c1-10-11(8(9)12)7-5-3-2-4-6-7/h2-6,10H,1H3,(H2,9,12). The molecule has 1 rings (SSSR count). The molecule has 2 amide bonds. The van der Waals surface area contributed by atoms with E-state index in [0.29, 0.717) is 0 Å². The van der Waals surface area contributed by atoms with Crippen LogP contribution in [0.1, 0.15) is 0 Å². The summed E-state index contributed by atoms with van der Waals surface area (Å²) in [6.07, 6.45) is 0. The molecule has 12 heavy (non-hydrogen) atoms. The van der Waals surface area contributed by atoms with Gasteiger partial charge in [0.05, 0.1) is 5.69 Å². The van der Waals surface area contributed by atoms with Gasteiger partial charge in [-0.2, -0.15) is 0 Å². The van der Waals surface area contributed by atoms with Gasteiger partial charge in [0.2, 0.25) is 0 Å². The molecule has 0 heterocycles. The molecule has 3 N–H and O–H groups in total. The van der Waals surface area contributed by atoms with Gasteiger partial charge in [0.15, 0.2) is 0 Å². The first kappa shape index (κ1) is 8.55. The molecule has 0 fully saturated rings. The van der Waals surface area contributed by atoms with Crippen LogP contribution in [-0.4, -0.2) is 13.1 Å². The number of carbonyl (C=O) groups excluding carboxylic acids is 1. The maximum absolute atomic E-state index is 10.8. The summed E-state index contributed by atoms with van der Waals surface area (Å²) in [7, 11) is 1.64. The van der Waals surface area contributed by atoms with Crippen LogP contribution < -0.4 is 16.2 Å². The molecule has 0 radical (unpaired) electrons. The lowest BCUT2D eigenvalue weighted by molar-refractivity contribution is 0.252. The Balaban J connectivity index is 2.88. The zero-order valence-corrected chi connectivity index (χ0v) is 6.82. The molecule has 0 aliphatic heterocycles. The molecule has 64 valence electrons. The maximum Gasteiger partial charge on any atom is 0.333 e. The van der Waals surface area contributed by atoms with Crippen molar-refractivity contribution in [3.63, 3.8) is 0 Å². The number of nitrogens with two attached hydrogens (primary N) is 1. The third-order valence-electron chi connectivity index (χ3n) is 1.46. The van der Waals surface area contributed by atoms with Gasteiger partial charge < -0.3 is 5.73 Å². The van der Waals surface area contributed by atoms with E-state index in [1.54, 1.807) is 19.2 Å². The monoisotopic (exact) mass is 165 g/mol. The Morgan fingerprint density at radius 3 is 2.42 bits per heavy atom. The number of hydrogen-bond donors (Lipinski definition) is 2. The number of rotatable bonds is 2. The smallest absolute Gasteiger partial charge is 0.333 e. The second kappa shape index (κ2) is 3.73. The van der Waals surface area contributed by atoms with E-state index < -0.39 is 6.03 Å². The Labute approximate surface area is 70.9 Å². The summed E-state index contributed by atoms with van der Waals surface area (Å²) >= 11 is 0. The molecule has 4 nitrogen and oxygen atoms in total. The van der Waals surface area contributed by atoms with Crippen molar-refractivity contribution in [3.05, 3.63) is 30.3 Å². The number of urea groups is 1. The van der Waals surface area contributed by atoms with Gasteiger partial charge in [-0.05, 0) is 12.1 Å². The number of carbonyl (C=O) groups is 1. The van der Waals surface area contributed by atoms with Crippen LogP contribution >= 0.6 is 0 Å². The predicted octanol–water partition coefficient (Wildman–Crippen LogP) is 0.706. The van der Waals surface area contributed by atoms with E-state index in [0.717, 1.165) is 5.69 Å². The number of primary amides is 1. The van der Waals surface area contributed by atoms with Crippen LogP contribution in [0.15, 0.2) is 30.3 Å². The van der Waals surface area contributed by atoms with Gasteiger partial charge >= 0.3 is 6.03 Å². The molecule has 1 aromatic carbocycles. The zero-order valence-electron chi connectivity index (χ0n) is 6.82. The fourth-order valence-electron chi connectivity index (χ4n) is 0.944. The van der Waals surface area contributed by atoms with E-state index >= 15 is 0 Å². The lowest BCUT2D eigenvalue weighted by atomic mass is 10.3. The molecular formula is C8H11N3O. The summed E-state index contributed by atoms with van der Waals surface area (Å²) in [6, 6.07) is 8.61. The van der Waals surface area contributed by atoms with Crippen LogP contribution in [-0.2, 0) is 0 Å². The fraction of sp³-hybridized carbons (Fsp3) is 0.125. The van der Waals surface area contributed by atoms with E-state index in [2.05, 4.69) is 5.43 Å². The van der Waals surface area contributed by atoms with E-state index in [-0.39, 0.29) is 0 Å². The normalized spacial score (nSPS) is 9.42. The van der Waals surface area contributed by atoms with Crippen LogP contribution in [0, 0.1) is 0 Å². The third kappa shape index (κ3) is 1.73. The number of hydrogen-bond acceptors (Lipinski definition) is 2. The number of benzene rings is 1. The SMILES string of the molecule is CNN(C(N)=O)c1ccccc1. The summed E-state index contributed by atoms with van der Waals surface area (Å²) in [4.78, 5) is 10.8. The van der Waals surface area contributed by atoms with Crippen LogP contribution in [0.3, 0.4) is 0 Å². The van der Waals surface area contributed by atoms with Crippen molar-refractivity contribution < 1.29 is 4.79 Å². The Hall–Kier alpha value is -1.55. The highest BCUT2D eigenvalue weighted by Crippen LogP contribution is 2.09. The number of anilines is 1. The van der Waals surface area contributed by atoms with Gasteiger partial charge in [-0.25, -0.2) is 15.2 Å². The molecule has 0 bridgehead atoms. The minimum absolute atomic E-state index is 0.524. The van der Waals surface area contributed by atoms with Crippen molar-refractivity contribution >= 4 is 11.7 Å².